The first-order chi connectivity index (χ1) is 10.6. The van der Waals surface area contributed by atoms with Crippen LogP contribution in [0.25, 0.3) is 0 Å². The number of rotatable bonds is 3. The first kappa shape index (κ1) is 14.8. The van der Waals surface area contributed by atoms with Crippen molar-refractivity contribution in [3.05, 3.63) is 89.5 Å². The number of aryl methyl sites for hydroxylation is 3. The van der Waals surface area contributed by atoms with Gasteiger partial charge >= 0.3 is 8.80 Å². The van der Waals surface area contributed by atoms with Crippen molar-refractivity contribution in [2.75, 3.05) is 0 Å². The van der Waals surface area contributed by atoms with Gasteiger partial charge in [0.1, 0.15) is 15.6 Å². The molecular weight excluding hydrogens is 280 g/mol. The SMILES string of the molecule is Cc1ccc([Si+](c2ccc(C)cc2)c2ccc(C)cc2)cc1. The van der Waals surface area contributed by atoms with Crippen LogP contribution in [0.1, 0.15) is 16.7 Å². The van der Waals surface area contributed by atoms with E-state index in [4.69, 9.17) is 0 Å². The van der Waals surface area contributed by atoms with Crippen LogP contribution in [0.2, 0.25) is 0 Å². The van der Waals surface area contributed by atoms with Gasteiger partial charge in [-0.3, -0.25) is 0 Å². The lowest BCUT2D eigenvalue weighted by molar-refractivity contribution is 1.48. The molecule has 0 aliphatic rings. The Bertz CT molecular complexity index is 629. The summed E-state index contributed by atoms with van der Waals surface area (Å²) < 4.78 is 0. The summed E-state index contributed by atoms with van der Waals surface area (Å²) in [5, 5.41) is 4.34. The van der Waals surface area contributed by atoms with Gasteiger partial charge in [0, 0.05) is 0 Å². The molecule has 0 aliphatic heterocycles. The Balaban J connectivity index is 2.10. The van der Waals surface area contributed by atoms with Gasteiger partial charge in [0.25, 0.3) is 0 Å². The van der Waals surface area contributed by atoms with E-state index in [0.717, 1.165) is 0 Å². The number of hydrogen-bond acceptors (Lipinski definition) is 0. The molecule has 0 heterocycles. The lowest BCUT2D eigenvalue weighted by Crippen LogP contribution is -2.51. The Hall–Kier alpha value is -2.12. The zero-order chi connectivity index (χ0) is 15.5. The third-order valence-corrected chi connectivity index (χ3v) is 6.75. The highest BCUT2D eigenvalue weighted by molar-refractivity contribution is 6.95. The molecule has 108 valence electrons. The van der Waals surface area contributed by atoms with Gasteiger partial charge in [0.15, 0.2) is 0 Å². The second-order valence-corrected chi connectivity index (χ2v) is 8.46. The molecule has 3 aromatic carbocycles. The van der Waals surface area contributed by atoms with Crippen molar-refractivity contribution in [2.45, 2.75) is 20.8 Å². The summed E-state index contributed by atoms with van der Waals surface area (Å²) in [5.41, 5.74) is 3.95. The summed E-state index contributed by atoms with van der Waals surface area (Å²) in [7, 11) is -0.927. The average molecular weight is 301 g/mol. The van der Waals surface area contributed by atoms with Crippen molar-refractivity contribution in [3.63, 3.8) is 0 Å². The summed E-state index contributed by atoms with van der Waals surface area (Å²) in [6, 6.07) is 27.1. The minimum absolute atomic E-state index is 0.927. The third kappa shape index (κ3) is 3.20. The molecule has 0 N–H and O–H groups in total. The topological polar surface area (TPSA) is 0 Å². The summed E-state index contributed by atoms with van der Waals surface area (Å²) in [6.07, 6.45) is 0. The van der Waals surface area contributed by atoms with Gasteiger partial charge in [0.2, 0.25) is 0 Å². The maximum Gasteiger partial charge on any atom is 0.428 e. The second kappa shape index (κ2) is 6.33. The van der Waals surface area contributed by atoms with Crippen molar-refractivity contribution < 1.29 is 0 Å². The van der Waals surface area contributed by atoms with Gasteiger partial charge in [-0.05, 0) is 57.2 Å². The summed E-state index contributed by atoms with van der Waals surface area (Å²) >= 11 is 0. The molecule has 0 bridgehead atoms. The van der Waals surface area contributed by atoms with Gasteiger partial charge in [-0.15, -0.1) is 0 Å². The molecule has 0 atom stereocenters. The maximum absolute atomic E-state index is 2.29. The third-order valence-electron chi connectivity index (χ3n) is 4.02. The van der Waals surface area contributed by atoms with Gasteiger partial charge in [0.05, 0.1) is 0 Å². The molecule has 0 spiro atoms. The van der Waals surface area contributed by atoms with Crippen LogP contribution in [0.4, 0.5) is 0 Å². The molecule has 0 fully saturated rings. The highest BCUT2D eigenvalue weighted by Gasteiger charge is 2.35. The van der Waals surface area contributed by atoms with Gasteiger partial charge in [-0.2, -0.15) is 0 Å². The van der Waals surface area contributed by atoms with E-state index < -0.39 is 8.80 Å². The van der Waals surface area contributed by atoms with Gasteiger partial charge < -0.3 is 0 Å². The van der Waals surface area contributed by atoms with E-state index in [0.29, 0.717) is 0 Å². The Labute approximate surface area is 135 Å². The average Bonchev–Trinajstić information content (AvgIpc) is 2.53. The van der Waals surface area contributed by atoms with E-state index in [2.05, 4.69) is 93.6 Å². The summed E-state index contributed by atoms with van der Waals surface area (Å²) in [5.74, 6) is 0. The fraction of sp³-hybridized carbons (Fsp3) is 0.143. The van der Waals surface area contributed by atoms with Crippen LogP contribution in [0.3, 0.4) is 0 Å². The summed E-state index contributed by atoms with van der Waals surface area (Å²) in [6.45, 7) is 6.44. The quantitative estimate of drug-likeness (QED) is 0.515. The van der Waals surface area contributed by atoms with E-state index >= 15 is 0 Å². The van der Waals surface area contributed by atoms with E-state index in [-0.39, 0.29) is 0 Å². The Morgan fingerprint density at radius 3 is 0.864 bits per heavy atom. The van der Waals surface area contributed by atoms with Gasteiger partial charge in [-0.1, -0.05) is 53.1 Å². The van der Waals surface area contributed by atoms with Crippen LogP contribution in [-0.2, 0) is 0 Å². The fourth-order valence-electron chi connectivity index (χ4n) is 2.66. The van der Waals surface area contributed by atoms with E-state index in [1.807, 2.05) is 0 Å². The van der Waals surface area contributed by atoms with Crippen molar-refractivity contribution in [3.8, 4) is 0 Å². The molecule has 0 nitrogen and oxygen atoms in total. The molecule has 3 aromatic rings. The molecule has 0 amide bonds. The molecular formula is C21H21Si+. The highest BCUT2D eigenvalue weighted by atomic mass is 28.3. The molecule has 0 saturated carbocycles. The fourth-order valence-corrected chi connectivity index (χ4v) is 5.16. The molecule has 0 unspecified atom stereocenters. The van der Waals surface area contributed by atoms with Crippen molar-refractivity contribution >= 4 is 24.4 Å². The predicted molar refractivity (Wildman–Crippen MR) is 98.2 cm³/mol. The zero-order valence-electron chi connectivity index (χ0n) is 13.4. The maximum atomic E-state index is 2.29. The lowest BCUT2D eigenvalue weighted by Gasteiger charge is -2.05. The molecule has 0 aromatic heterocycles. The van der Waals surface area contributed by atoms with Crippen molar-refractivity contribution in [1.82, 2.24) is 0 Å². The molecule has 22 heavy (non-hydrogen) atoms. The first-order valence-electron chi connectivity index (χ1n) is 7.71. The highest BCUT2D eigenvalue weighted by Crippen LogP contribution is 2.01. The Kier molecular flexibility index (Phi) is 4.26. The lowest BCUT2D eigenvalue weighted by atomic mass is 10.2. The largest absolute Gasteiger partial charge is 0.428 e. The van der Waals surface area contributed by atoms with Crippen LogP contribution in [0.15, 0.2) is 72.8 Å². The molecule has 0 radical (unpaired) electrons. The normalized spacial score (nSPS) is 10.5. The number of benzene rings is 3. The van der Waals surface area contributed by atoms with Crippen LogP contribution in [0.5, 0.6) is 0 Å². The van der Waals surface area contributed by atoms with E-state index in [1.54, 1.807) is 0 Å². The first-order valence-corrected chi connectivity index (χ1v) is 9.21. The Morgan fingerprint density at radius 2 is 0.636 bits per heavy atom. The molecule has 3 rings (SSSR count). The van der Waals surface area contributed by atoms with Crippen molar-refractivity contribution in [1.29, 1.82) is 0 Å². The summed E-state index contributed by atoms with van der Waals surface area (Å²) in [4.78, 5) is 0. The van der Waals surface area contributed by atoms with Crippen LogP contribution >= 0.6 is 0 Å². The Morgan fingerprint density at radius 1 is 0.409 bits per heavy atom. The molecule has 1 heteroatoms. The smallest absolute Gasteiger partial charge is 0.0563 e. The van der Waals surface area contributed by atoms with E-state index in [1.165, 1.54) is 32.3 Å². The second-order valence-electron chi connectivity index (χ2n) is 5.97. The monoisotopic (exact) mass is 301 g/mol. The van der Waals surface area contributed by atoms with E-state index in [9.17, 15) is 0 Å². The predicted octanol–water partition coefficient (Wildman–Crippen LogP) is 3.13. The van der Waals surface area contributed by atoms with Crippen molar-refractivity contribution in [2.24, 2.45) is 0 Å². The van der Waals surface area contributed by atoms with Crippen LogP contribution in [0, 0.1) is 20.8 Å². The molecule has 0 aliphatic carbocycles. The zero-order valence-corrected chi connectivity index (χ0v) is 14.4. The minimum Gasteiger partial charge on any atom is -0.0563 e. The molecule has 0 saturated heterocycles. The van der Waals surface area contributed by atoms with Crippen LogP contribution in [-0.4, -0.2) is 8.80 Å². The standard InChI is InChI=1S/C21H21Si/c1-16-4-10-19(11-5-16)22(20-12-6-17(2)7-13-20)21-14-8-18(3)9-15-21/h4-15H,1-3H3/q+1. The van der Waals surface area contributed by atoms with Crippen LogP contribution < -0.4 is 15.6 Å². The van der Waals surface area contributed by atoms with Gasteiger partial charge in [-0.25, -0.2) is 0 Å². The number of hydrogen-bond donors (Lipinski definition) is 0. The minimum atomic E-state index is -0.927.